The SMILES string of the molecule is CC1CCCC1NC(=O)C1COC1. The van der Waals surface area contributed by atoms with Crippen molar-refractivity contribution in [3.05, 3.63) is 0 Å². The summed E-state index contributed by atoms with van der Waals surface area (Å²) in [6.45, 7) is 3.45. The number of nitrogens with one attached hydrogen (secondary N) is 1. The van der Waals surface area contributed by atoms with Gasteiger partial charge in [-0.15, -0.1) is 0 Å². The first-order valence-corrected chi connectivity index (χ1v) is 5.15. The summed E-state index contributed by atoms with van der Waals surface area (Å²) in [5.74, 6) is 0.989. The standard InChI is InChI=1S/C10H17NO2/c1-7-3-2-4-9(7)11-10(12)8-5-13-6-8/h7-9H,2-6H2,1H3,(H,11,12). The highest BCUT2D eigenvalue weighted by Gasteiger charge is 2.31. The highest BCUT2D eigenvalue weighted by atomic mass is 16.5. The molecule has 0 aromatic carbocycles. The van der Waals surface area contributed by atoms with E-state index in [1.165, 1.54) is 12.8 Å². The molecule has 1 amide bonds. The van der Waals surface area contributed by atoms with Crippen molar-refractivity contribution in [3.8, 4) is 0 Å². The summed E-state index contributed by atoms with van der Waals surface area (Å²) in [6.07, 6.45) is 3.67. The van der Waals surface area contributed by atoms with Gasteiger partial charge in [0.1, 0.15) is 0 Å². The molecule has 1 aliphatic heterocycles. The molecule has 13 heavy (non-hydrogen) atoms. The van der Waals surface area contributed by atoms with Crippen LogP contribution in [0.3, 0.4) is 0 Å². The number of rotatable bonds is 2. The van der Waals surface area contributed by atoms with Gasteiger partial charge in [-0.1, -0.05) is 13.3 Å². The molecular weight excluding hydrogens is 166 g/mol. The van der Waals surface area contributed by atoms with Gasteiger partial charge in [0.05, 0.1) is 19.1 Å². The van der Waals surface area contributed by atoms with E-state index < -0.39 is 0 Å². The lowest BCUT2D eigenvalue weighted by Crippen LogP contribution is -2.46. The van der Waals surface area contributed by atoms with Crippen molar-refractivity contribution in [3.63, 3.8) is 0 Å². The molecule has 1 saturated heterocycles. The molecule has 1 aliphatic carbocycles. The summed E-state index contributed by atoms with van der Waals surface area (Å²) >= 11 is 0. The van der Waals surface area contributed by atoms with Crippen molar-refractivity contribution < 1.29 is 9.53 Å². The Bertz CT molecular complexity index is 201. The quantitative estimate of drug-likeness (QED) is 0.692. The third kappa shape index (κ3) is 1.85. The van der Waals surface area contributed by atoms with Gasteiger partial charge < -0.3 is 10.1 Å². The lowest BCUT2D eigenvalue weighted by Gasteiger charge is -2.27. The second-order valence-corrected chi connectivity index (χ2v) is 4.26. The number of carbonyl (C=O) groups is 1. The Labute approximate surface area is 78.8 Å². The molecule has 2 fully saturated rings. The van der Waals surface area contributed by atoms with Crippen LogP contribution < -0.4 is 5.32 Å². The lowest BCUT2D eigenvalue weighted by molar-refractivity contribution is -0.139. The fourth-order valence-corrected chi connectivity index (χ4v) is 2.05. The maximum atomic E-state index is 11.5. The molecule has 2 aliphatic rings. The van der Waals surface area contributed by atoms with Crippen molar-refractivity contribution in [2.45, 2.75) is 32.2 Å². The van der Waals surface area contributed by atoms with Gasteiger partial charge in [0.2, 0.25) is 5.91 Å². The average molecular weight is 183 g/mol. The van der Waals surface area contributed by atoms with Gasteiger partial charge in [0, 0.05) is 6.04 Å². The van der Waals surface area contributed by atoms with E-state index in [0.717, 1.165) is 6.42 Å². The Kier molecular flexibility index (Phi) is 2.54. The molecule has 2 atom stereocenters. The lowest BCUT2D eigenvalue weighted by atomic mass is 10.0. The van der Waals surface area contributed by atoms with E-state index in [1.54, 1.807) is 0 Å². The minimum atomic E-state index is 0.132. The molecule has 0 spiro atoms. The maximum Gasteiger partial charge on any atom is 0.228 e. The zero-order valence-corrected chi connectivity index (χ0v) is 8.08. The monoisotopic (exact) mass is 183 g/mol. The second kappa shape index (κ2) is 3.66. The van der Waals surface area contributed by atoms with E-state index in [0.29, 0.717) is 25.2 Å². The topological polar surface area (TPSA) is 38.3 Å². The minimum absolute atomic E-state index is 0.132. The van der Waals surface area contributed by atoms with Gasteiger partial charge in [-0.2, -0.15) is 0 Å². The van der Waals surface area contributed by atoms with Crippen molar-refractivity contribution >= 4 is 5.91 Å². The summed E-state index contributed by atoms with van der Waals surface area (Å²) in [7, 11) is 0. The Morgan fingerprint density at radius 3 is 2.62 bits per heavy atom. The Morgan fingerprint density at radius 1 is 1.38 bits per heavy atom. The van der Waals surface area contributed by atoms with Crippen molar-refractivity contribution in [2.24, 2.45) is 11.8 Å². The number of hydrogen-bond acceptors (Lipinski definition) is 2. The van der Waals surface area contributed by atoms with Crippen LogP contribution in [0.15, 0.2) is 0 Å². The third-order valence-corrected chi connectivity index (χ3v) is 3.20. The summed E-state index contributed by atoms with van der Waals surface area (Å²) in [5, 5.41) is 3.11. The van der Waals surface area contributed by atoms with Crippen LogP contribution in [0.25, 0.3) is 0 Å². The molecule has 1 N–H and O–H groups in total. The summed E-state index contributed by atoms with van der Waals surface area (Å²) in [4.78, 5) is 11.5. The predicted molar refractivity (Wildman–Crippen MR) is 49.3 cm³/mol. The summed E-state index contributed by atoms with van der Waals surface area (Å²) < 4.78 is 4.99. The van der Waals surface area contributed by atoms with Crippen LogP contribution in [0.2, 0.25) is 0 Å². The van der Waals surface area contributed by atoms with Gasteiger partial charge in [0.25, 0.3) is 0 Å². The van der Waals surface area contributed by atoms with Crippen LogP contribution in [-0.2, 0) is 9.53 Å². The van der Waals surface area contributed by atoms with Gasteiger partial charge in [-0.3, -0.25) is 4.79 Å². The Hall–Kier alpha value is -0.570. The molecular formula is C10H17NO2. The van der Waals surface area contributed by atoms with Crippen LogP contribution >= 0.6 is 0 Å². The van der Waals surface area contributed by atoms with Crippen LogP contribution in [0.1, 0.15) is 26.2 Å². The van der Waals surface area contributed by atoms with Gasteiger partial charge >= 0.3 is 0 Å². The Balaban J connectivity index is 1.79. The molecule has 0 aromatic rings. The fraction of sp³-hybridized carbons (Fsp3) is 0.900. The van der Waals surface area contributed by atoms with Crippen LogP contribution in [0.5, 0.6) is 0 Å². The predicted octanol–water partition coefficient (Wildman–Crippen LogP) is 0.938. The first-order chi connectivity index (χ1) is 6.27. The van der Waals surface area contributed by atoms with E-state index >= 15 is 0 Å². The average Bonchev–Trinajstić information content (AvgIpc) is 2.32. The number of ether oxygens (including phenoxy) is 1. The number of hydrogen-bond donors (Lipinski definition) is 1. The summed E-state index contributed by atoms with van der Waals surface area (Å²) in [6, 6.07) is 0.424. The summed E-state index contributed by atoms with van der Waals surface area (Å²) in [5.41, 5.74) is 0. The van der Waals surface area contributed by atoms with E-state index in [9.17, 15) is 4.79 Å². The van der Waals surface area contributed by atoms with Gasteiger partial charge in [-0.05, 0) is 18.8 Å². The van der Waals surface area contributed by atoms with Crippen molar-refractivity contribution in [2.75, 3.05) is 13.2 Å². The molecule has 1 saturated carbocycles. The van der Waals surface area contributed by atoms with E-state index in [4.69, 9.17) is 4.74 Å². The van der Waals surface area contributed by atoms with E-state index in [1.807, 2.05) is 0 Å². The number of amides is 1. The normalized spacial score (nSPS) is 34.2. The number of carbonyl (C=O) groups excluding carboxylic acids is 1. The van der Waals surface area contributed by atoms with Crippen LogP contribution in [-0.4, -0.2) is 25.2 Å². The second-order valence-electron chi connectivity index (χ2n) is 4.26. The zero-order valence-electron chi connectivity index (χ0n) is 8.08. The van der Waals surface area contributed by atoms with Crippen molar-refractivity contribution in [1.82, 2.24) is 5.32 Å². The zero-order chi connectivity index (χ0) is 9.26. The molecule has 2 rings (SSSR count). The van der Waals surface area contributed by atoms with Crippen LogP contribution in [0.4, 0.5) is 0 Å². The first-order valence-electron chi connectivity index (χ1n) is 5.15. The minimum Gasteiger partial charge on any atom is -0.380 e. The molecule has 0 aromatic heterocycles. The maximum absolute atomic E-state index is 11.5. The molecule has 0 bridgehead atoms. The molecule has 1 heterocycles. The molecule has 0 radical (unpaired) electrons. The van der Waals surface area contributed by atoms with Crippen LogP contribution in [0, 0.1) is 11.8 Å². The third-order valence-electron chi connectivity index (χ3n) is 3.20. The molecule has 2 unspecified atom stereocenters. The molecule has 74 valence electrons. The smallest absolute Gasteiger partial charge is 0.228 e. The van der Waals surface area contributed by atoms with E-state index in [2.05, 4.69) is 12.2 Å². The first kappa shape index (κ1) is 9.00. The van der Waals surface area contributed by atoms with Gasteiger partial charge in [0.15, 0.2) is 0 Å². The molecule has 3 nitrogen and oxygen atoms in total. The van der Waals surface area contributed by atoms with Crippen molar-refractivity contribution in [1.29, 1.82) is 0 Å². The largest absolute Gasteiger partial charge is 0.380 e. The fourth-order valence-electron chi connectivity index (χ4n) is 2.05. The Morgan fingerprint density at radius 2 is 2.15 bits per heavy atom. The molecule has 3 heteroatoms. The highest BCUT2D eigenvalue weighted by Crippen LogP contribution is 2.25. The van der Waals surface area contributed by atoms with Gasteiger partial charge in [-0.25, -0.2) is 0 Å². The highest BCUT2D eigenvalue weighted by molar-refractivity contribution is 5.79. The van der Waals surface area contributed by atoms with E-state index in [-0.39, 0.29) is 11.8 Å².